The molecular formula is C9H17NO. The van der Waals surface area contributed by atoms with Crippen molar-refractivity contribution in [2.24, 2.45) is 0 Å². The SMILES string of the molecule is OC1CCNC2(CCCC2)C1. The highest BCUT2D eigenvalue weighted by Crippen LogP contribution is 2.35. The maximum atomic E-state index is 9.49. The molecule has 11 heavy (non-hydrogen) atoms. The van der Waals surface area contributed by atoms with Gasteiger partial charge in [0.2, 0.25) is 0 Å². The largest absolute Gasteiger partial charge is 0.393 e. The molecule has 1 heterocycles. The fourth-order valence-corrected chi connectivity index (χ4v) is 2.56. The van der Waals surface area contributed by atoms with Crippen LogP contribution in [0.5, 0.6) is 0 Å². The molecule has 2 N–H and O–H groups in total. The summed E-state index contributed by atoms with van der Waals surface area (Å²) in [6.07, 6.45) is 7.16. The molecule has 1 saturated heterocycles. The van der Waals surface area contributed by atoms with Gasteiger partial charge in [-0.1, -0.05) is 12.8 Å². The molecule has 2 nitrogen and oxygen atoms in total. The summed E-state index contributed by atoms with van der Waals surface area (Å²) in [6, 6.07) is 0. The third-order valence-corrected chi connectivity index (χ3v) is 3.16. The molecule has 2 heteroatoms. The van der Waals surface area contributed by atoms with E-state index in [1.54, 1.807) is 0 Å². The lowest BCUT2D eigenvalue weighted by Gasteiger charge is -2.37. The molecule has 2 aliphatic rings. The van der Waals surface area contributed by atoms with Crippen molar-refractivity contribution in [2.75, 3.05) is 6.54 Å². The number of hydrogen-bond acceptors (Lipinski definition) is 2. The van der Waals surface area contributed by atoms with Gasteiger partial charge in [0.25, 0.3) is 0 Å². The van der Waals surface area contributed by atoms with Gasteiger partial charge in [-0.25, -0.2) is 0 Å². The van der Waals surface area contributed by atoms with Crippen molar-refractivity contribution in [2.45, 2.75) is 50.2 Å². The Morgan fingerprint density at radius 3 is 2.64 bits per heavy atom. The highest BCUT2D eigenvalue weighted by molar-refractivity contribution is 4.97. The van der Waals surface area contributed by atoms with Crippen LogP contribution in [-0.4, -0.2) is 23.3 Å². The molecule has 0 aromatic heterocycles. The van der Waals surface area contributed by atoms with Crippen LogP contribution in [0.2, 0.25) is 0 Å². The second-order valence-electron chi connectivity index (χ2n) is 4.06. The molecule has 1 atom stereocenters. The maximum Gasteiger partial charge on any atom is 0.0569 e. The highest BCUT2D eigenvalue weighted by Gasteiger charge is 2.37. The van der Waals surface area contributed by atoms with E-state index in [-0.39, 0.29) is 6.10 Å². The molecule has 0 radical (unpaired) electrons. The minimum Gasteiger partial charge on any atom is -0.393 e. The monoisotopic (exact) mass is 155 g/mol. The molecule has 1 aliphatic heterocycles. The Bertz CT molecular complexity index is 140. The summed E-state index contributed by atoms with van der Waals surface area (Å²) in [6.45, 7) is 1.02. The molecule has 2 rings (SSSR count). The van der Waals surface area contributed by atoms with Crippen LogP contribution < -0.4 is 5.32 Å². The van der Waals surface area contributed by atoms with Crippen LogP contribution in [0.1, 0.15) is 38.5 Å². The highest BCUT2D eigenvalue weighted by atomic mass is 16.3. The van der Waals surface area contributed by atoms with Crippen LogP contribution in [0.3, 0.4) is 0 Å². The van der Waals surface area contributed by atoms with Crippen LogP contribution in [0.4, 0.5) is 0 Å². The van der Waals surface area contributed by atoms with Gasteiger partial charge >= 0.3 is 0 Å². The van der Waals surface area contributed by atoms with Crippen LogP contribution in [0.15, 0.2) is 0 Å². The minimum absolute atomic E-state index is 0.0330. The first-order valence-electron chi connectivity index (χ1n) is 4.74. The van der Waals surface area contributed by atoms with Crippen molar-refractivity contribution in [3.05, 3.63) is 0 Å². The van der Waals surface area contributed by atoms with Crippen LogP contribution in [0.25, 0.3) is 0 Å². The smallest absolute Gasteiger partial charge is 0.0569 e. The summed E-state index contributed by atoms with van der Waals surface area (Å²) in [5, 5.41) is 13.1. The van der Waals surface area contributed by atoms with Crippen molar-refractivity contribution in [3.63, 3.8) is 0 Å². The molecule has 0 aromatic rings. The zero-order valence-corrected chi connectivity index (χ0v) is 6.97. The van der Waals surface area contributed by atoms with E-state index in [1.807, 2.05) is 0 Å². The van der Waals surface area contributed by atoms with Gasteiger partial charge in [-0.05, 0) is 32.2 Å². The second kappa shape index (κ2) is 2.76. The number of piperidine rings is 1. The van der Waals surface area contributed by atoms with Gasteiger partial charge in [0.05, 0.1) is 6.10 Å². The van der Waals surface area contributed by atoms with Gasteiger partial charge < -0.3 is 10.4 Å². The van der Waals surface area contributed by atoms with E-state index in [2.05, 4.69) is 5.32 Å². The predicted octanol–water partition coefficient (Wildman–Crippen LogP) is 1.04. The lowest BCUT2D eigenvalue weighted by molar-refractivity contribution is 0.0795. The van der Waals surface area contributed by atoms with Crippen molar-refractivity contribution >= 4 is 0 Å². The summed E-state index contributed by atoms with van der Waals surface area (Å²) in [5.41, 5.74) is 0.345. The number of rotatable bonds is 0. The molecule has 2 fully saturated rings. The fourth-order valence-electron chi connectivity index (χ4n) is 2.56. The van der Waals surface area contributed by atoms with Crippen molar-refractivity contribution < 1.29 is 5.11 Å². The summed E-state index contributed by atoms with van der Waals surface area (Å²) < 4.78 is 0. The molecule has 1 aliphatic carbocycles. The molecule has 1 spiro atoms. The molecule has 1 unspecified atom stereocenters. The van der Waals surface area contributed by atoms with Gasteiger partial charge in [0.1, 0.15) is 0 Å². The molecule has 64 valence electrons. The summed E-state index contributed by atoms with van der Waals surface area (Å²) >= 11 is 0. The first-order chi connectivity index (χ1) is 5.31. The Hall–Kier alpha value is -0.0800. The topological polar surface area (TPSA) is 32.3 Å². The van der Waals surface area contributed by atoms with E-state index in [4.69, 9.17) is 0 Å². The van der Waals surface area contributed by atoms with Gasteiger partial charge in [0.15, 0.2) is 0 Å². The van der Waals surface area contributed by atoms with E-state index >= 15 is 0 Å². The van der Waals surface area contributed by atoms with Crippen molar-refractivity contribution in [3.8, 4) is 0 Å². The second-order valence-corrected chi connectivity index (χ2v) is 4.06. The van der Waals surface area contributed by atoms with Gasteiger partial charge in [0, 0.05) is 5.54 Å². The molecular weight excluding hydrogens is 138 g/mol. The summed E-state index contributed by atoms with van der Waals surface area (Å²) in [7, 11) is 0. The average Bonchev–Trinajstić information content (AvgIpc) is 2.37. The minimum atomic E-state index is -0.0330. The fraction of sp³-hybridized carbons (Fsp3) is 1.00. The number of aliphatic hydroxyl groups is 1. The lowest BCUT2D eigenvalue weighted by atomic mass is 9.86. The molecule has 0 aromatic carbocycles. The van der Waals surface area contributed by atoms with Crippen LogP contribution >= 0.6 is 0 Å². The molecule has 0 amide bonds. The van der Waals surface area contributed by atoms with Crippen molar-refractivity contribution in [1.29, 1.82) is 0 Å². The van der Waals surface area contributed by atoms with Crippen LogP contribution in [0, 0.1) is 0 Å². The molecule has 1 saturated carbocycles. The number of hydrogen-bond donors (Lipinski definition) is 2. The quantitative estimate of drug-likeness (QED) is 0.548. The summed E-state index contributed by atoms with van der Waals surface area (Å²) in [5.74, 6) is 0. The zero-order valence-electron chi connectivity index (χ0n) is 6.97. The van der Waals surface area contributed by atoms with E-state index in [1.165, 1.54) is 25.7 Å². The predicted molar refractivity (Wildman–Crippen MR) is 44.4 cm³/mol. The van der Waals surface area contributed by atoms with Gasteiger partial charge in [-0.2, -0.15) is 0 Å². The lowest BCUT2D eigenvalue weighted by Crippen LogP contribution is -2.50. The standard InChI is InChI=1S/C9H17NO/c11-8-3-6-10-9(7-8)4-1-2-5-9/h8,10-11H,1-7H2. The Kier molecular flexibility index (Phi) is 1.90. The third-order valence-electron chi connectivity index (χ3n) is 3.16. The van der Waals surface area contributed by atoms with Crippen molar-refractivity contribution in [1.82, 2.24) is 5.32 Å². The maximum absolute atomic E-state index is 9.49. The Morgan fingerprint density at radius 2 is 2.00 bits per heavy atom. The number of nitrogens with one attached hydrogen (secondary N) is 1. The Labute approximate surface area is 68.0 Å². The first-order valence-corrected chi connectivity index (χ1v) is 4.74. The van der Waals surface area contributed by atoms with E-state index < -0.39 is 0 Å². The zero-order chi connectivity index (χ0) is 7.73. The first kappa shape index (κ1) is 7.56. The van der Waals surface area contributed by atoms with E-state index in [0.29, 0.717) is 5.54 Å². The van der Waals surface area contributed by atoms with Gasteiger partial charge in [-0.3, -0.25) is 0 Å². The third kappa shape index (κ3) is 1.42. The van der Waals surface area contributed by atoms with E-state index in [9.17, 15) is 5.11 Å². The Morgan fingerprint density at radius 1 is 1.27 bits per heavy atom. The van der Waals surface area contributed by atoms with Gasteiger partial charge in [-0.15, -0.1) is 0 Å². The average molecular weight is 155 g/mol. The Balaban J connectivity index is 2.00. The normalized spacial score (nSPS) is 36.3. The summed E-state index contributed by atoms with van der Waals surface area (Å²) in [4.78, 5) is 0. The van der Waals surface area contributed by atoms with E-state index in [0.717, 1.165) is 19.4 Å². The molecule has 0 bridgehead atoms. The number of aliphatic hydroxyl groups excluding tert-OH is 1. The van der Waals surface area contributed by atoms with Crippen LogP contribution in [-0.2, 0) is 0 Å².